The molecule has 6 heteroatoms. The molecular weight excluding hydrogens is 316 g/mol. The molecule has 0 aliphatic rings. The van der Waals surface area contributed by atoms with Gasteiger partial charge in [-0.2, -0.15) is 0 Å². The molecule has 3 rings (SSSR count). The Morgan fingerprint density at radius 2 is 1.91 bits per heavy atom. The zero-order valence-corrected chi connectivity index (χ0v) is 13.3. The van der Waals surface area contributed by atoms with Crippen molar-refractivity contribution in [3.8, 4) is 0 Å². The molecule has 1 heterocycles. The molecule has 0 aliphatic carbocycles. The largest absolute Gasteiger partial charge is 0.362 e. The second-order valence-electron chi connectivity index (χ2n) is 4.86. The van der Waals surface area contributed by atoms with Crippen LogP contribution in [0.4, 0.5) is 5.95 Å². The van der Waals surface area contributed by atoms with E-state index in [1.54, 1.807) is 0 Å². The van der Waals surface area contributed by atoms with E-state index in [0.29, 0.717) is 11.1 Å². The molecule has 0 unspecified atom stereocenters. The van der Waals surface area contributed by atoms with Gasteiger partial charge in [-0.25, -0.2) is 4.98 Å². The first-order valence-electron chi connectivity index (χ1n) is 6.95. The van der Waals surface area contributed by atoms with Crippen LogP contribution in [0.15, 0.2) is 48.5 Å². The zero-order valence-electron chi connectivity index (χ0n) is 11.8. The van der Waals surface area contributed by atoms with Crippen LogP contribution >= 0.6 is 23.8 Å². The Morgan fingerprint density at radius 3 is 2.68 bits per heavy atom. The van der Waals surface area contributed by atoms with E-state index in [9.17, 15) is 0 Å². The van der Waals surface area contributed by atoms with E-state index in [1.807, 2.05) is 48.5 Å². The zero-order chi connectivity index (χ0) is 15.4. The molecule has 112 valence electrons. The van der Waals surface area contributed by atoms with Gasteiger partial charge in [-0.1, -0.05) is 35.9 Å². The number of aromatic nitrogens is 2. The summed E-state index contributed by atoms with van der Waals surface area (Å²) in [4.78, 5) is 7.60. The first-order chi connectivity index (χ1) is 10.7. The predicted octanol–water partition coefficient (Wildman–Crippen LogP) is 3.75. The van der Waals surface area contributed by atoms with Gasteiger partial charge in [-0.05, 0) is 48.5 Å². The van der Waals surface area contributed by atoms with Crippen LogP contribution in [0.1, 0.15) is 5.56 Å². The van der Waals surface area contributed by atoms with Crippen LogP contribution in [0.5, 0.6) is 0 Å². The lowest BCUT2D eigenvalue weighted by atomic mass is 10.1. The highest BCUT2D eigenvalue weighted by Gasteiger charge is 2.03. The SMILES string of the molecule is S=C(NCCc1ccc(Cl)cc1)Nc1nc2ccccc2[nH]1. The minimum Gasteiger partial charge on any atom is -0.362 e. The van der Waals surface area contributed by atoms with Crippen molar-refractivity contribution in [2.45, 2.75) is 6.42 Å². The summed E-state index contributed by atoms with van der Waals surface area (Å²) < 4.78 is 0. The third-order valence-electron chi connectivity index (χ3n) is 3.23. The maximum Gasteiger partial charge on any atom is 0.207 e. The van der Waals surface area contributed by atoms with Crippen molar-refractivity contribution in [2.24, 2.45) is 0 Å². The second kappa shape index (κ2) is 6.77. The lowest BCUT2D eigenvalue weighted by Crippen LogP contribution is -2.30. The monoisotopic (exact) mass is 330 g/mol. The van der Waals surface area contributed by atoms with Gasteiger partial charge in [0.05, 0.1) is 11.0 Å². The van der Waals surface area contributed by atoms with Gasteiger partial charge in [0, 0.05) is 11.6 Å². The molecule has 0 bridgehead atoms. The number of H-pyrrole nitrogens is 1. The van der Waals surface area contributed by atoms with Gasteiger partial charge in [0.1, 0.15) is 0 Å². The highest BCUT2D eigenvalue weighted by Crippen LogP contribution is 2.13. The smallest absolute Gasteiger partial charge is 0.207 e. The predicted molar refractivity (Wildman–Crippen MR) is 95.5 cm³/mol. The van der Waals surface area contributed by atoms with Gasteiger partial charge in [0.2, 0.25) is 5.95 Å². The number of nitrogens with zero attached hydrogens (tertiary/aromatic N) is 1. The van der Waals surface area contributed by atoms with Gasteiger partial charge in [-0.15, -0.1) is 0 Å². The molecule has 3 aromatic rings. The molecule has 22 heavy (non-hydrogen) atoms. The molecule has 0 spiro atoms. The number of hydrogen-bond donors (Lipinski definition) is 3. The number of aromatic amines is 1. The fourth-order valence-corrected chi connectivity index (χ4v) is 2.46. The molecule has 0 fully saturated rings. The van der Waals surface area contributed by atoms with Gasteiger partial charge in [0.25, 0.3) is 0 Å². The average Bonchev–Trinajstić information content (AvgIpc) is 2.91. The summed E-state index contributed by atoms with van der Waals surface area (Å²) in [7, 11) is 0. The van der Waals surface area contributed by atoms with E-state index in [4.69, 9.17) is 23.8 Å². The molecule has 2 aromatic carbocycles. The summed E-state index contributed by atoms with van der Waals surface area (Å²) in [5, 5.41) is 7.52. The molecular formula is C16H15ClN4S. The number of nitrogens with one attached hydrogen (secondary N) is 3. The van der Waals surface area contributed by atoms with Gasteiger partial charge in [0.15, 0.2) is 5.11 Å². The third-order valence-corrected chi connectivity index (χ3v) is 3.73. The highest BCUT2D eigenvalue weighted by atomic mass is 35.5. The first-order valence-corrected chi connectivity index (χ1v) is 7.73. The summed E-state index contributed by atoms with van der Waals surface area (Å²) in [6.07, 6.45) is 0.874. The molecule has 0 saturated carbocycles. The fourth-order valence-electron chi connectivity index (χ4n) is 2.14. The van der Waals surface area contributed by atoms with Crippen LogP contribution in [0.2, 0.25) is 5.02 Å². The van der Waals surface area contributed by atoms with Crippen molar-refractivity contribution >= 4 is 45.9 Å². The Kier molecular flexibility index (Phi) is 4.56. The third kappa shape index (κ3) is 3.75. The number of rotatable bonds is 4. The Morgan fingerprint density at radius 1 is 1.14 bits per heavy atom. The van der Waals surface area contributed by atoms with Crippen LogP contribution in [0, 0.1) is 0 Å². The van der Waals surface area contributed by atoms with Crippen LogP contribution in [0.3, 0.4) is 0 Å². The van der Waals surface area contributed by atoms with Crippen molar-refractivity contribution in [2.75, 3.05) is 11.9 Å². The van der Waals surface area contributed by atoms with E-state index >= 15 is 0 Å². The highest BCUT2D eigenvalue weighted by molar-refractivity contribution is 7.80. The maximum atomic E-state index is 5.86. The van der Waals surface area contributed by atoms with E-state index in [2.05, 4.69) is 20.6 Å². The molecule has 0 aliphatic heterocycles. The Hall–Kier alpha value is -2.11. The van der Waals surface area contributed by atoms with E-state index in [0.717, 1.165) is 29.0 Å². The molecule has 1 aromatic heterocycles. The van der Waals surface area contributed by atoms with Crippen LogP contribution in [-0.2, 0) is 6.42 Å². The first kappa shape index (κ1) is 14.8. The van der Waals surface area contributed by atoms with Crippen molar-refractivity contribution in [3.63, 3.8) is 0 Å². The van der Waals surface area contributed by atoms with Crippen molar-refractivity contribution in [1.29, 1.82) is 0 Å². The van der Waals surface area contributed by atoms with Crippen LogP contribution in [0.25, 0.3) is 11.0 Å². The van der Waals surface area contributed by atoms with Crippen molar-refractivity contribution in [1.82, 2.24) is 15.3 Å². The minimum absolute atomic E-state index is 0.549. The summed E-state index contributed by atoms with van der Waals surface area (Å²) in [6, 6.07) is 15.7. The summed E-state index contributed by atoms with van der Waals surface area (Å²) >= 11 is 11.1. The molecule has 4 nitrogen and oxygen atoms in total. The molecule has 0 saturated heterocycles. The lowest BCUT2D eigenvalue weighted by molar-refractivity contribution is 0.872. The lowest BCUT2D eigenvalue weighted by Gasteiger charge is -2.08. The van der Waals surface area contributed by atoms with Crippen molar-refractivity contribution < 1.29 is 0 Å². The van der Waals surface area contributed by atoms with Crippen LogP contribution < -0.4 is 10.6 Å². The van der Waals surface area contributed by atoms with Gasteiger partial charge < -0.3 is 15.6 Å². The molecule has 0 radical (unpaired) electrons. The van der Waals surface area contributed by atoms with Crippen molar-refractivity contribution in [3.05, 3.63) is 59.1 Å². The Labute approximate surface area is 138 Å². The van der Waals surface area contributed by atoms with Gasteiger partial charge >= 0.3 is 0 Å². The number of hydrogen-bond acceptors (Lipinski definition) is 2. The normalized spacial score (nSPS) is 10.6. The molecule has 0 amide bonds. The number of thiocarbonyl (C=S) groups is 1. The summed E-state index contributed by atoms with van der Waals surface area (Å²) in [6.45, 7) is 0.744. The van der Waals surface area contributed by atoms with Gasteiger partial charge in [-0.3, -0.25) is 0 Å². The molecule has 0 atom stereocenters. The number of fused-ring (bicyclic) bond motifs is 1. The number of para-hydroxylation sites is 2. The van der Waals surface area contributed by atoms with E-state index in [1.165, 1.54) is 5.56 Å². The fraction of sp³-hybridized carbons (Fsp3) is 0.125. The minimum atomic E-state index is 0.549. The maximum absolute atomic E-state index is 5.86. The van der Waals surface area contributed by atoms with E-state index < -0.39 is 0 Å². The topological polar surface area (TPSA) is 52.7 Å². The Bertz CT molecular complexity index is 749. The number of imidazole rings is 1. The van der Waals surface area contributed by atoms with Crippen LogP contribution in [-0.4, -0.2) is 21.6 Å². The molecule has 3 N–H and O–H groups in total. The Balaban J connectivity index is 1.50. The second-order valence-corrected chi connectivity index (χ2v) is 5.70. The number of anilines is 1. The summed E-state index contributed by atoms with van der Waals surface area (Å²) in [5.74, 6) is 0.644. The number of benzene rings is 2. The van der Waals surface area contributed by atoms with E-state index in [-0.39, 0.29) is 0 Å². The quantitative estimate of drug-likeness (QED) is 0.638. The average molecular weight is 331 g/mol. The number of halogens is 1. The summed E-state index contributed by atoms with van der Waals surface area (Å²) in [5.41, 5.74) is 3.10. The standard InChI is InChI=1S/C16H15ClN4S/c17-12-7-5-11(6-8-12)9-10-18-16(22)21-15-19-13-3-1-2-4-14(13)20-15/h1-8H,9-10H2,(H3,18,19,20,21,22).